The van der Waals surface area contributed by atoms with Gasteiger partial charge in [-0.25, -0.2) is 4.79 Å². The Morgan fingerprint density at radius 1 is 1.12 bits per heavy atom. The van der Waals surface area contributed by atoms with Gasteiger partial charge in [0.25, 0.3) is 5.91 Å². The van der Waals surface area contributed by atoms with Gasteiger partial charge in [0.15, 0.2) is 5.57 Å². The van der Waals surface area contributed by atoms with Gasteiger partial charge in [-0.05, 0) is 37.3 Å². The van der Waals surface area contributed by atoms with E-state index in [-0.39, 0.29) is 18.1 Å². The molecule has 0 saturated heterocycles. The van der Waals surface area contributed by atoms with E-state index in [0.29, 0.717) is 16.9 Å². The molecule has 25 heavy (non-hydrogen) atoms. The molecule has 0 aliphatic carbocycles. The van der Waals surface area contributed by atoms with Crippen LogP contribution in [0.3, 0.4) is 0 Å². The molecule has 0 unspecified atom stereocenters. The number of nitrogens with zero attached hydrogens (tertiary/aromatic N) is 1. The van der Waals surface area contributed by atoms with Crippen LogP contribution in [0.5, 0.6) is 0 Å². The van der Waals surface area contributed by atoms with Crippen molar-refractivity contribution in [1.29, 1.82) is 5.26 Å². The van der Waals surface area contributed by atoms with Crippen molar-refractivity contribution in [3.63, 3.8) is 0 Å². The lowest BCUT2D eigenvalue weighted by atomic mass is 10.2. The number of amides is 1. The van der Waals surface area contributed by atoms with E-state index in [4.69, 9.17) is 10.00 Å². The maximum absolute atomic E-state index is 12.2. The highest BCUT2D eigenvalue weighted by Gasteiger charge is 2.09. The summed E-state index contributed by atoms with van der Waals surface area (Å²) in [5.41, 5.74) is 1.61. The molecule has 0 atom stereocenters. The predicted octanol–water partition coefficient (Wildman–Crippen LogP) is 3.32. The number of carbonyl (C=O) groups is 2. The molecule has 0 aromatic heterocycles. The van der Waals surface area contributed by atoms with Crippen molar-refractivity contribution in [2.45, 2.75) is 6.92 Å². The molecule has 6 nitrogen and oxygen atoms in total. The van der Waals surface area contributed by atoms with E-state index in [9.17, 15) is 9.59 Å². The normalized spacial score (nSPS) is 10.5. The number of benzene rings is 2. The van der Waals surface area contributed by atoms with Crippen molar-refractivity contribution >= 4 is 23.3 Å². The number of hydrogen-bond donors (Lipinski definition) is 2. The van der Waals surface area contributed by atoms with Gasteiger partial charge < -0.3 is 15.4 Å². The second-order valence-corrected chi connectivity index (χ2v) is 4.94. The van der Waals surface area contributed by atoms with E-state index in [1.807, 2.05) is 6.07 Å². The average Bonchev–Trinajstić information content (AvgIpc) is 2.63. The standard InChI is InChI=1S/C19H17N3O3/c1-2-25-19(24)15(12-20)13-21-16-9-6-10-17(11-16)22-18(23)14-7-4-3-5-8-14/h3-11,13,21H,2H2,1H3,(H,22,23)/b15-13+. The lowest BCUT2D eigenvalue weighted by Gasteiger charge is -2.08. The molecule has 0 bridgehead atoms. The van der Waals surface area contributed by atoms with Crippen molar-refractivity contribution in [2.24, 2.45) is 0 Å². The fourth-order valence-corrected chi connectivity index (χ4v) is 1.98. The molecule has 6 heteroatoms. The van der Waals surface area contributed by atoms with E-state index in [2.05, 4.69) is 10.6 Å². The van der Waals surface area contributed by atoms with Crippen LogP contribution in [-0.4, -0.2) is 18.5 Å². The molecule has 0 fully saturated rings. The molecule has 0 radical (unpaired) electrons. The lowest BCUT2D eigenvalue weighted by molar-refractivity contribution is -0.138. The highest BCUT2D eigenvalue weighted by Crippen LogP contribution is 2.16. The summed E-state index contributed by atoms with van der Waals surface area (Å²) in [4.78, 5) is 23.7. The van der Waals surface area contributed by atoms with Gasteiger partial charge in [0.2, 0.25) is 0 Å². The minimum atomic E-state index is -0.689. The molecular formula is C19H17N3O3. The lowest BCUT2D eigenvalue weighted by Crippen LogP contribution is -2.11. The Morgan fingerprint density at radius 2 is 1.84 bits per heavy atom. The van der Waals surface area contributed by atoms with Gasteiger partial charge in [0, 0.05) is 23.1 Å². The molecule has 2 N–H and O–H groups in total. The summed E-state index contributed by atoms with van der Waals surface area (Å²) in [6, 6.07) is 17.6. The van der Waals surface area contributed by atoms with Crippen molar-refractivity contribution in [3.8, 4) is 6.07 Å². The number of carbonyl (C=O) groups excluding carboxylic acids is 2. The Morgan fingerprint density at radius 3 is 2.52 bits per heavy atom. The minimum Gasteiger partial charge on any atom is -0.462 e. The van der Waals surface area contributed by atoms with E-state index >= 15 is 0 Å². The molecule has 2 aromatic carbocycles. The maximum Gasteiger partial charge on any atom is 0.350 e. The first kappa shape index (κ1) is 17.8. The maximum atomic E-state index is 12.2. The topological polar surface area (TPSA) is 91.2 Å². The van der Waals surface area contributed by atoms with Gasteiger partial charge in [-0.3, -0.25) is 4.79 Å². The zero-order valence-corrected chi connectivity index (χ0v) is 13.7. The third kappa shape index (κ3) is 5.22. The smallest absolute Gasteiger partial charge is 0.350 e. The van der Waals surface area contributed by atoms with Crippen molar-refractivity contribution in [3.05, 3.63) is 71.9 Å². The van der Waals surface area contributed by atoms with Crippen LogP contribution in [0.25, 0.3) is 0 Å². The van der Waals surface area contributed by atoms with Gasteiger partial charge in [-0.2, -0.15) is 5.26 Å². The van der Waals surface area contributed by atoms with Crippen LogP contribution in [0, 0.1) is 11.3 Å². The molecule has 0 heterocycles. The Labute approximate surface area is 145 Å². The molecule has 1 amide bonds. The van der Waals surface area contributed by atoms with Crippen molar-refractivity contribution in [1.82, 2.24) is 0 Å². The van der Waals surface area contributed by atoms with E-state index in [1.165, 1.54) is 6.20 Å². The highest BCUT2D eigenvalue weighted by molar-refractivity contribution is 6.04. The molecule has 0 aliphatic heterocycles. The summed E-state index contributed by atoms with van der Waals surface area (Å²) in [6.07, 6.45) is 1.27. The second kappa shape index (κ2) is 8.89. The average molecular weight is 335 g/mol. The van der Waals surface area contributed by atoms with E-state index in [1.54, 1.807) is 61.5 Å². The molecule has 126 valence electrons. The van der Waals surface area contributed by atoms with Gasteiger partial charge >= 0.3 is 5.97 Å². The quantitative estimate of drug-likeness (QED) is 0.480. The first-order valence-electron chi connectivity index (χ1n) is 7.64. The summed E-state index contributed by atoms with van der Waals surface area (Å²) in [6.45, 7) is 1.86. The minimum absolute atomic E-state index is 0.138. The third-order valence-electron chi connectivity index (χ3n) is 3.16. The summed E-state index contributed by atoms with van der Waals surface area (Å²) in [5.74, 6) is -0.913. The Hall–Kier alpha value is -3.59. The van der Waals surface area contributed by atoms with Crippen LogP contribution in [0.1, 0.15) is 17.3 Å². The monoisotopic (exact) mass is 335 g/mol. The number of nitrogens with one attached hydrogen (secondary N) is 2. The first-order chi connectivity index (χ1) is 12.1. The second-order valence-electron chi connectivity index (χ2n) is 4.94. The number of ether oxygens (including phenoxy) is 1. The number of esters is 1. The first-order valence-corrected chi connectivity index (χ1v) is 7.64. The van der Waals surface area contributed by atoms with Gasteiger partial charge in [-0.15, -0.1) is 0 Å². The van der Waals surface area contributed by atoms with Gasteiger partial charge in [0.1, 0.15) is 6.07 Å². The Balaban J connectivity index is 2.07. The van der Waals surface area contributed by atoms with Crippen LogP contribution in [0.15, 0.2) is 66.4 Å². The van der Waals surface area contributed by atoms with Crippen LogP contribution in [0.2, 0.25) is 0 Å². The Kier molecular flexibility index (Phi) is 6.32. The zero-order valence-electron chi connectivity index (χ0n) is 13.7. The zero-order chi connectivity index (χ0) is 18.1. The van der Waals surface area contributed by atoms with E-state index < -0.39 is 5.97 Å². The summed E-state index contributed by atoms with van der Waals surface area (Å²) >= 11 is 0. The molecule has 0 spiro atoms. The van der Waals surface area contributed by atoms with E-state index in [0.717, 1.165) is 0 Å². The van der Waals surface area contributed by atoms with Crippen LogP contribution >= 0.6 is 0 Å². The SMILES string of the molecule is CCOC(=O)/C(C#N)=C/Nc1cccc(NC(=O)c2ccccc2)c1. The molecule has 2 rings (SSSR count). The highest BCUT2D eigenvalue weighted by atomic mass is 16.5. The number of hydrogen-bond acceptors (Lipinski definition) is 5. The van der Waals surface area contributed by atoms with Crippen molar-refractivity contribution < 1.29 is 14.3 Å². The summed E-state index contributed by atoms with van der Waals surface area (Å²) in [5, 5.41) is 14.6. The van der Waals surface area contributed by atoms with Crippen LogP contribution in [-0.2, 0) is 9.53 Å². The van der Waals surface area contributed by atoms with Gasteiger partial charge in [0.05, 0.1) is 6.61 Å². The number of rotatable bonds is 6. The number of anilines is 2. The molecule has 0 aliphatic rings. The molecule has 2 aromatic rings. The predicted molar refractivity (Wildman–Crippen MR) is 94.8 cm³/mol. The fraction of sp³-hybridized carbons (Fsp3) is 0.105. The largest absolute Gasteiger partial charge is 0.462 e. The number of nitriles is 1. The molecular weight excluding hydrogens is 318 g/mol. The Bertz CT molecular complexity index is 823. The summed E-state index contributed by atoms with van der Waals surface area (Å²) < 4.78 is 4.78. The van der Waals surface area contributed by atoms with Crippen molar-refractivity contribution in [2.75, 3.05) is 17.2 Å². The molecule has 0 saturated carbocycles. The summed E-state index contributed by atoms with van der Waals surface area (Å²) in [7, 11) is 0. The fourth-order valence-electron chi connectivity index (χ4n) is 1.98. The van der Waals surface area contributed by atoms with Crippen LogP contribution in [0.4, 0.5) is 11.4 Å². The van der Waals surface area contributed by atoms with Gasteiger partial charge in [-0.1, -0.05) is 24.3 Å². The van der Waals surface area contributed by atoms with Crippen LogP contribution < -0.4 is 10.6 Å². The third-order valence-corrected chi connectivity index (χ3v) is 3.16.